The minimum Gasteiger partial charge on any atom is -0.508 e. The van der Waals surface area contributed by atoms with Crippen molar-refractivity contribution in [1.29, 1.82) is 0 Å². The van der Waals surface area contributed by atoms with Crippen LogP contribution in [0.4, 0.5) is 0 Å². The van der Waals surface area contributed by atoms with Crippen LogP contribution in [-0.4, -0.2) is 37.8 Å². The van der Waals surface area contributed by atoms with E-state index in [4.69, 9.17) is 0 Å². The number of carbonyl (C=O) groups excluding carboxylic acids is 1. The molecule has 1 atom stereocenters. The van der Waals surface area contributed by atoms with Gasteiger partial charge in [-0.3, -0.25) is 9.89 Å². The number of benzene rings is 2. The van der Waals surface area contributed by atoms with Crippen molar-refractivity contribution in [3.05, 3.63) is 65.4 Å². The number of phenolic OH excluding ortho intramolecular Hbond substituents is 2. The van der Waals surface area contributed by atoms with E-state index in [1.165, 1.54) is 0 Å². The quantitative estimate of drug-likeness (QED) is 0.686. The standard InChI is InChI=1S/C19H17N3O3/c1-2-22-18(11-6-5-7-12(23)10-11)15-16(20-21-17(15)19(22)25)13-8-3-4-9-14(13)24/h3-10,18,23-24H,2H2,1H3,(H,20,21)/t18-/m1/s1. The van der Waals surface area contributed by atoms with Crippen molar-refractivity contribution >= 4 is 5.91 Å². The molecule has 0 radical (unpaired) electrons. The molecule has 25 heavy (non-hydrogen) atoms. The van der Waals surface area contributed by atoms with Crippen LogP contribution in [-0.2, 0) is 0 Å². The average Bonchev–Trinajstić information content (AvgIpc) is 3.14. The van der Waals surface area contributed by atoms with Gasteiger partial charge in [0.05, 0.1) is 6.04 Å². The van der Waals surface area contributed by atoms with Crippen molar-refractivity contribution in [2.45, 2.75) is 13.0 Å². The highest BCUT2D eigenvalue weighted by atomic mass is 16.3. The average molecular weight is 335 g/mol. The van der Waals surface area contributed by atoms with Gasteiger partial charge < -0.3 is 15.1 Å². The fraction of sp³-hybridized carbons (Fsp3) is 0.158. The maximum absolute atomic E-state index is 12.8. The second kappa shape index (κ2) is 5.66. The van der Waals surface area contributed by atoms with Crippen LogP contribution in [0.2, 0.25) is 0 Å². The molecule has 0 fully saturated rings. The van der Waals surface area contributed by atoms with Gasteiger partial charge in [0.25, 0.3) is 5.91 Å². The highest BCUT2D eigenvalue weighted by molar-refractivity contribution is 6.00. The molecule has 0 spiro atoms. The first kappa shape index (κ1) is 15.3. The van der Waals surface area contributed by atoms with Crippen LogP contribution >= 0.6 is 0 Å². The minimum absolute atomic E-state index is 0.105. The zero-order chi connectivity index (χ0) is 17.6. The Labute approximate surface area is 144 Å². The van der Waals surface area contributed by atoms with E-state index < -0.39 is 0 Å². The van der Waals surface area contributed by atoms with E-state index in [1.807, 2.05) is 19.1 Å². The number of hydrogen-bond acceptors (Lipinski definition) is 4. The van der Waals surface area contributed by atoms with Crippen LogP contribution in [0.25, 0.3) is 11.3 Å². The minimum atomic E-state index is -0.368. The molecular weight excluding hydrogens is 318 g/mol. The van der Waals surface area contributed by atoms with Gasteiger partial charge in [-0.15, -0.1) is 0 Å². The molecule has 6 nitrogen and oxygen atoms in total. The summed E-state index contributed by atoms with van der Waals surface area (Å²) in [5.41, 5.74) is 3.06. The summed E-state index contributed by atoms with van der Waals surface area (Å²) in [6, 6.07) is 13.4. The van der Waals surface area contributed by atoms with Gasteiger partial charge in [-0.1, -0.05) is 24.3 Å². The van der Waals surface area contributed by atoms with E-state index in [0.29, 0.717) is 23.5 Å². The largest absolute Gasteiger partial charge is 0.508 e. The third kappa shape index (κ3) is 2.26. The molecule has 0 saturated carbocycles. The highest BCUT2D eigenvalue weighted by Gasteiger charge is 2.41. The van der Waals surface area contributed by atoms with Crippen molar-refractivity contribution in [3.63, 3.8) is 0 Å². The Morgan fingerprint density at radius 2 is 1.96 bits per heavy atom. The molecule has 3 N–H and O–H groups in total. The van der Waals surface area contributed by atoms with Crippen molar-refractivity contribution in [2.75, 3.05) is 6.54 Å². The molecule has 1 aliphatic heterocycles. The number of nitrogens with zero attached hydrogens (tertiary/aromatic N) is 2. The number of aromatic nitrogens is 2. The van der Waals surface area contributed by atoms with Gasteiger partial charge in [0.15, 0.2) is 0 Å². The Morgan fingerprint density at radius 1 is 1.16 bits per heavy atom. The zero-order valence-corrected chi connectivity index (χ0v) is 13.6. The summed E-state index contributed by atoms with van der Waals surface area (Å²) in [4.78, 5) is 14.5. The summed E-state index contributed by atoms with van der Waals surface area (Å²) in [5.74, 6) is 0.107. The molecule has 4 rings (SSSR count). The van der Waals surface area contributed by atoms with Gasteiger partial charge in [0.1, 0.15) is 22.9 Å². The van der Waals surface area contributed by atoms with Crippen molar-refractivity contribution in [2.24, 2.45) is 0 Å². The fourth-order valence-corrected chi connectivity index (χ4v) is 3.44. The smallest absolute Gasteiger partial charge is 0.273 e. The monoisotopic (exact) mass is 335 g/mol. The third-order valence-electron chi connectivity index (χ3n) is 4.55. The molecule has 0 saturated heterocycles. The number of aromatic hydroxyl groups is 2. The van der Waals surface area contributed by atoms with Crippen LogP contribution in [0.15, 0.2) is 48.5 Å². The van der Waals surface area contributed by atoms with Crippen molar-refractivity contribution < 1.29 is 15.0 Å². The molecule has 2 heterocycles. The van der Waals surface area contributed by atoms with Gasteiger partial charge in [-0.2, -0.15) is 5.10 Å². The first-order chi connectivity index (χ1) is 12.1. The Hall–Kier alpha value is -3.28. The lowest BCUT2D eigenvalue weighted by molar-refractivity contribution is 0.0753. The molecule has 1 aliphatic rings. The lowest BCUT2D eigenvalue weighted by Crippen LogP contribution is -2.29. The number of para-hydroxylation sites is 1. The zero-order valence-electron chi connectivity index (χ0n) is 13.6. The molecule has 0 bridgehead atoms. The molecule has 0 unspecified atom stereocenters. The summed E-state index contributed by atoms with van der Waals surface area (Å²) in [7, 11) is 0. The normalized spacial score (nSPS) is 16.3. The van der Waals surface area contributed by atoms with E-state index in [1.54, 1.807) is 41.3 Å². The van der Waals surface area contributed by atoms with E-state index in [0.717, 1.165) is 11.1 Å². The summed E-state index contributed by atoms with van der Waals surface area (Å²) < 4.78 is 0. The summed E-state index contributed by atoms with van der Waals surface area (Å²) >= 11 is 0. The number of rotatable bonds is 3. The van der Waals surface area contributed by atoms with Crippen LogP contribution in [0.3, 0.4) is 0 Å². The molecule has 2 aromatic carbocycles. The SMILES string of the molecule is CCN1C(=O)c2[nH]nc(-c3ccccc3O)c2[C@H]1c1cccc(O)c1. The second-order valence-electron chi connectivity index (χ2n) is 5.97. The van der Waals surface area contributed by atoms with E-state index in [2.05, 4.69) is 10.2 Å². The molecule has 0 aliphatic carbocycles. The number of amides is 1. The number of aromatic amines is 1. The number of H-pyrrole nitrogens is 1. The van der Waals surface area contributed by atoms with Crippen LogP contribution in [0.5, 0.6) is 11.5 Å². The first-order valence-electron chi connectivity index (χ1n) is 8.08. The van der Waals surface area contributed by atoms with Gasteiger partial charge in [0.2, 0.25) is 0 Å². The van der Waals surface area contributed by atoms with Crippen LogP contribution < -0.4 is 0 Å². The number of phenols is 2. The summed E-state index contributed by atoms with van der Waals surface area (Å²) in [6.45, 7) is 2.43. The molecule has 6 heteroatoms. The predicted octanol–water partition coefficient (Wildman–Crippen LogP) is 3.05. The lowest BCUT2D eigenvalue weighted by Gasteiger charge is -2.25. The first-order valence-corrected chi connectivity index (χ1v) is 8.08. The van der Waals surface area contributed by atoms with Gasteiger partial charge in [-0.25, -0.2) is 0 Å². The van der Waals surface area contributed by atoms with E-state index >= 15 is 0 Å². The Kier molecular flexibility index (Phi) is 3.46. The predicted molar refractivity (Wildman–Crippen MR) is 92.3 cm³/mol. The number of fused-ring (bicyclic) bond motifs is 1. The van der Waals surface area contributed by atoms with Gasteiger partial charge in [0, 0.05) is 17.7 Å². The maximum atomic E-state index is 12.8. The Morgan fingerprint density at radius 3 is 2.68 bits per heavy atom. The van der Waals surface area contributed by atoms with E-state index in [9.17, 15) is 15.0 Å². The number of carbonyl (C=O) groups is 1. The topological polar surface area (TPSA) is 89.5 Å². The summed E-state index contributed by atoms with van der Waals surface area (Å²) in [5, 5.41) is 27.2. The Bertz CT molecular complexity index is 964. The Balaban J connectivity index is 1.95. The molecule has 126 valence electrons. The van der Waals surface area contributed by atoms with E-state index in [-0.39, 0.29) is 23.4 Å². The highest BCUT2D eigenvalue weighted by Crippen LogP contribution is 2.44. The van der Waals surface area contributed by atoms with Gasteiger partial charge in [-0.05, 0) is 36.8 Å². The molecule has 3 aromatic rings. The maximum Gasteiger partial charge on any atom is 0.273 e. The molecular formula is C19H17N3O3. The molecule has 1 aromatic heterocycles. The fourth-order valence-electron chi connectivity index (χ4n) is 3.44. The van der Waals surface area contributed by atoms with Gasteiger partial charge >= 0.3 is 0 Å². The van der Waals surface area contributed by atoms with Crippen LogP contribution in [0, 0.1) is 0 Å². The van der Waals surface area contributed by atoms with Crippen LogP contribution in [0.1, 0.15) is 34.6 Å². The number of hydrogen-bond donors (Lipinski definition) is 3. The number of nitrogens with one attached hydrogen (secondary N) is 1. The van der Waals surface area contributed by atoms with Crippen molar-refractivity contribution in [3.8, 4) is 22.8 Å². The third-order valence-corrected chi connectivity index (χ3v) is 4.55. The second-order valence-corrected chi connectivity index (χ2v) is 5.97. The lowest BCUT2D eigenvalue weighted by atomic mass is 9.95. The van der Waals surface area contributed by atoms with Crippen molar-refractivity contribution in [1.82, 2.24) is 15.1 Å². The summed E-state index contributed by atoms with van der Waals surface area (Å²) in [6.07, 6.45) is 0. The molecule has 1 amide bonds.